The standard InChI is InChI=1S/C13H14BrClN4O/c1-13(2,3)12-17-10(18-19-12)11(20)16-9-5-4-7(15)6-8(9)14/h4-6H,1-3H3,(H,16,20)(H,17,18,19). The Labute approximate surface area is 130 Å². The van der Waals surface area contributed by atoms with Crippen LogP contribution in [0, 0.1) is 0 Å². The van der Waals surface area contributed by atoms with Crippen LogP contribution in [0.5, 0.6) is 0 Å². The molecule has 0 aliphatic rings. The van der Waals surface area contributed by atoms with E-state index in [9.17, 15) is 4.79 Å². The number of carbonyl (C=O) groups is 1. The van der Waals surface area contributed by atoms with Gasteiger partial charge in [0.1, 0.15) is 5.82 Å². The minimum Gasteiger partial charge on any atom is -0.318 e. The van der Waals surface area contributed by atoms with Gasteiger partial charge in [-0.05, 0) is 34.1 Å². The molecule has 0 aliphatic heterocycles. The second-order valence-electron chi connectivity index (χ2n) is 5.34. The molecule has 0 aliphatic carbocycles. The third kappa shape index (κ3) is 3.37. The van der Waals surface area contributed by atoms with Crippen molar-refractivity contribution in [2.45, 2.75) is 26.2 Å². The number of carbonyl (C=O) groups excluding carboxylic acids is 1. The summed E-state index contributed by atoms with van der Waals surface area (Å²) in [6.45, 7) is 5.97. The van der Waals surface area contributed by atoms with Crippen LogP contribution < -0.4 is 5.32 Å². The molecular formula is C13H14BrClN4O. The van der Waals surface area contributed by atoms with Gasteiger partial charge in [-0.15, -0.1) is 5.10 Å². The summed E-state index contributed by atoms with van der Waals surface area (Å²) in [6.07, 6.45) is 0. The topological polar surface area (TPSA) is 70.7 Å². The number of aromatic nitrogens is 3. The highest BCUT2D eigenvalue weighted by Crippen LogP contribution is 2.26. The van der Waals surface area contributed by atoms with Gasteiger partial charge >= 0.3 is 0 Å². The summed E-state index contributed by atoms with van der Waals surface area (Å²) in [5, 5.41) is 10.0. The molecule has 0 bridgehead atoms. The van der Waals surface area contributed by atoms with Crippen molar-refractivity contribution in [3.63, 3.8) is 0 Å². The first-order chi connectivity index (χ1) is 9.27. The van der Waals surface area contributed by atoms with Crippen molar-refractivity contribution >= 4 is 39.1 Å². The first kappa shape index (κ1) is 15.0. The molecule has 0 saturated heterocycles. The Hall–Kier alpha value is -1.40. The quantitative estimate of drug-likeness (QED) is 0.859. The number of halogens is 2. The molecule has 2 rings (SSSR count). The van der Waals surface area contributed by atoms with E-state index in [-0.39, 0.29) is 17.1 Å². The van der Waals surface area contributed by atoms with E-state index in [0.29, 0.717) is 21.0 Å². The summed E-state index contributed by atoms with van der Waals surface area (Å²) >= 11 is 9.19. The van der Waals surface area contributed by atoms with Gasteiger partial charge in [0, 0.05) is 14.9 Å². The van der Waals surface area contributed by atoms with Crippen molar-refractivity contribution in [3.05, 3.63) is 39.3 Å². The van der Waals surface area contributed by atoms with Crippen LogP contribution in [0.2, 0.25) is 5.02 Å². The van der Waals surface area contributed by atoms with Gasteiger partial charge in [-0.25, -0.2) is 4.98 Å². The molecule has 5 nitrogen and oxygen atoms in total. The Bertz CT molecular complexity index is 648. The van der Waals surface area contributed by atoms with E-state index in [1.165, 1.54) is 0 Å². The number of rotatable bonds is 2. The molecule has 1 heterocycles. The molecule has 0 spiro atoms. The smallest absolute Gasteiger partial charge is 0.295 e. The summed E-state index contributed by atoms with van der Waals surface area (Å²) in [5.41, 5.74) is 0.424. The SMILES string of the molecule is CC(C)(C)c1nc(C(=O)Nc2ccc(Cl)cc2Br)n[nH]1. The Kier molecular flexibility index (Phi) is 4.15. The van der Waals surface area contributed by atoms with Gasteiger partial charge < -0.3 is 5.32 Å². The predicted octanol–water partition coefficient (Wildman–Crippen LogP) is 3.77. The molecule has 0 fully saturated rings. The Morgan fingerprint density at radius 2 is 2.10 bits per heavy atom. The number of amides is 1. The van der Waals surface area contributed by atoms with E-state index >= 15 is 0 Å². The lowest BCUT2D eigenvalue weighted by molar-refractivity contribution is 0.101. The molecule has 0 unspecified atom stereocenters. The van der Waals surface area contributed by atoms with Crippen LogP contribution in [0.15, 0.2) is 22.7 Å². The Morgan fingerprint density at radius 3 is 2.65 bits per heavy atom. The predicted molar refractivity (Wildman–Crippen MR) is 82.2 cm³/mol. The van der Waals surface area contributed by atoms with Gasteiger partial charge in [0.15, 0.2) is 0 Å². The highest BCUT2D eigenvalue weighted by molar-refractivity contribution is 9.10. The second-order valence-corrected chi connectivity index (χ2v) is 6.63. The minimum atomic E-state index is -0.375. The molecule has 1 aromatic heterocycles. The number of nitrogens with zero attached hydrogens (tertiary/aromatic N) is 2. The van der Waals surface area contributed by atoms with Crippen LogP contribution in [0.4, 0.5) is 5.69 Å². The van der Waals surface area contributed by atoms with E-state index in [0.717, 1.165) is 0 Å². The fraction of sp³-hybridized carbons (Fsp3) is 0.308. The second kappa shape index (κ2) is 5.54. The Balaban J connectivity index is 2.18. The molecule has 106 valence electrons. The van der Waals surface area contributed by atoms with Gasteiger partial charge in [-0.1, -0.05) is 32.4 Å². The average molecular weight is 358 g/mol. The number of aromatic amines is 1. The van der Waals surface area contributed by atoms with Crippen LogP contribution >= 0.6 is 27.5 Å². The van der Waals surface area contributed by atoms with Gasteiger partial charge in [0.25, 0.3) is 5.91 Å². The van der Waals surface area contributed by atoms with Crippen LogP contribution in [0.3, 0.4) is 0 Å². The average Bonchev–Trinajstić information content (AvgIpc) is 2.82. The van der Waals surface area contributed by atoms with Crippen LogP contribution in [0.1, 0.15) is 37.2 Å². The van der Waals surface area contributed by atoms with Gasteiger partial charge in [-0.3, -0.25) is 9.89 Å². The van der Waals surface area contributed by atoms with Crippen LogP contribution in [0.25, 0.3) is 0 Å². The molecule has 1 amide bonds. The highest BCUT2D eigenvalue weighted by Gasteiger charge is 2.21. The maximum atomic E-state index is 12.1. The normalized spacial score (nSPS) is 11.4. The number of anilines is 1. The van der Waals surface area contributed by atoms with Gasteiger partial charge in [0.2, 0.25) is 5.82 Å². The zero-order chi connectivity index (χ0) is 14.9. The number of H-pyrrole nitrogens is 1. The third-order valence-electron chi connectivity index (χ3n) is 2.58. The number of nitrogens with one attached hydrogen (secondary N) is 2. The molecule has 2 aromatic rings. The lowest BCUT2D eigenvalue weighted by Crippen LogP contribution is -2.16. The number of hydrogen-bond donors (Lipinski definition) is 2. The van der Waals surface area contributed by atoms with E-state index in [1.807, 2.05) is 20.8 Å². The first-order valence-electron chi connectivity index (χ1n) is 5.96. The number of benzene rings is 1. The van der Waals surface area contributed by atoms with E-state index in [2.05, 4.69) is 36.4 Å². The zero-order valence-corrected chi connectivity index (χ0v) is 13.6. The summed E-state index contributed by atoms with van der Waals surface area (Å²) < 4.78 is 0.699. The fourth-order valence-electron chi connectivity index (χ4n) is 1.47. The lowest BCUT2D eigenvalue weighted by Gasteiger charge is -2.12. The molecular weight excluding hydrogens is 344 g/mol. The van der Waals surface area contributed by atoms with E-state index in [1.54, 1.807) is 18.2 Å². The lowest BCUT2D eigenvalue weighted by atomic mass is 9.96. The molecule has 0 atom stereocenters. The minimum absolute atomic E-state index is 0.108. The van der Waals surface area contributed by atoms with E-state index < -0.39 is 0 Å². The van der Waals surface area contributed by atoms with Gasteiger partial charge in [-0.2, -0.15) is 0 Å². The van der Waals surface area contributed by atoms with Crippen molar-refractivity contribution < 1.29 is 4.79 Å². The van der Waals surface area contributed by atoms with Crippen molar-refractivity contribution in [1.29, 1.82) is 0 Å². The molecule has 0 saturated carbocycles. The largest absolute Gasteiger partial charge is 0.318 e. The Morgan fingerprint density at radius 1 is 1.40 bits per heavy atom. The van der Waals surface area contributed by atoms with Crippen molar-refractivity contribution in [3.8, 4) is 0 Å². The monoisotopic (exact) mass is 356 g/mol. The van der Waals surface area contributed by atoms with Gasteiger partial charge in [0.05, 0.1) is 5.69 Å². The van der Waals surface area contributed by atoms with Crippen molar-refractivity contribution in [1.82, 2.24) is 15.2 Å². The summed E-state index contributed by atoms with van der Waals surface area (Å²) in [6, 6.07) is 5.11. The number of hydrogen-bond acceptors (Lipinski definition) is 3. The molecule has 1 aromatic carbocycles. The summed E-state index contributed by atoms with van der Waals surface area (Å²) in [5.74, 6) is 0.398. The fourth-order valence-corrected chi connectivity index (χ4v) is 2.25. The van der Waals surface area contributed by atoms with Crippen LogP contribution in [-0.4, -0.2) is 21.1 Å². The molecule has 20 heavy (non-hydrogen) atoms. The van der Waals surface area contributed by atoms with E-state index in [4.69, 9.17) is 11.6 Å². The van der Waals surface area contributed by atoms with Crippen molar-refractivity contribution in [2.75, 3.05) is 5.32 Å². The summed E-state index contributed by atoms with van der Waals surface area (Å²) in [7, 11) is 0. The molecule has 0 radical (unpaired) electrons. The summed E-state index contributed by atoms with van der Waals surface area (Å²) in [4.78, 5) is 16.3. The highest BCUT2D eigenvalue weighted by atomic mass is 79.9. The molecule has 7 heteroatoms. The first-order valence-corrected chi connectivity index (χ1v) is 7.14. The maximum Gasteiger partial charge on any atom is 0.295 e. The zero-order valence-electron chi connectivity index (χ0n) is 11.3. The molecule has 2 N–H and O–H groups in total. The third-order valence-corrected chi connectivity index (χ3v) is 3.47. The maximum absolute atomic E-state index is 12.1. The van der Waals surface area contributed by atoms with Crippen LogP contribution in [-0.2, 0) is 5.41 Å². The van der Waals surface area contributed by atoms with Crippen molar-refractivity contribution in [2.24, 2.45) is 0 Å².